The Balaban J connectivity index is 5.42. The molecule has 0 aromatic carbocycles. The molecule has 0 aliphatic carbocycles. The molecule has 0 aliphatic heterocycles. The van der Waals surface area contributed by atoms with E-state index in [1.165, 1.54) is 20.8 Å². The van der Waals surface area contributed by atoms with E-state index in [2.05, 4.69) is 15.9 Å². The zero-order valence-electron chi connectivity index (χ0n) is 10.4. The Morgan fingerprint density at radius 3 is 1.74 bits per heavy atom. The molecule has 0 fully saturated rings. The molecule has 0 saturated heterocycles. The molecule has 1 amide bonds. The van der Waals surface area contributed by atoms with E-state index in [-0.39, 0.29) is 10.2 Å². The van der Waals surface area contributed by atoms with Crippen LogP contribution in [0.15, 0.2) is 0 Å². The summed E-state index contributed by atoms with van der Waals surface area (Å²) < 4.78 is 62.5. The van der Waals surface area contributed by atoms with Crippen LogP contribution in [0.1, 0.15) is 20.8 Å². The molecule has 19 heavy (non-hydrogen) atoms. The van der Waals surface area contributed by atoms with Gasteiger partial charge in [-0.05, 0) is 20.8 Å². The normalized spacial score (nSPS) is 13.3. The molecule has 0 saturated carbocycles. The van der Waals surface area contributed by atoms with Crippen molar-refractivity contribution in [3.63, 3.8) is 0 Å². The highest BCUT2D eigenvalue weighted by Crippen LogP contribution is 2.38. The number of hydrogen-bond acceptors (Lipinski definition) is 2. The van der Waals surface area contributed by atoms with Gasteiger partial charge in [0, 0.05) is 5.54 Å². The van der Waals surface area contributed by atoms with Crippen LogP contribution in [0.2, 0.25) is 0 Å². The fourth-order valence-corrected chi connectivity index (χ4v) is 1.30. The van der Waals surface area contributed by atoms with Crippen molar-refractivity contribution in [3.8, 4) is 0 Å². The molecule has 0 N–H and O–H groups in total. The molecule has 0 aliphatic rings. The zero-order chi connectivity index (χ0) is 15.6. The summed E-state index contributed by atoms with van der Waals surface area (Å²) >= 11 is 2.75. The van der Waals surface area contributed by atoms with Crippen molar-refractivity contribution in [2.24, 2.45) is 0 Å². The van der Waals surface area contributed by atoms with Crippen molar-refractivity contribution in [2.45, 2.75) is 38.4 Å². The number of nitrogens with zero attached hydrogens (tertiary/aromatic N) is 1. The van der Waals surface area contributed by atoms with Crippen molar-refractivity contribution >= 4 is 27.6 Å². The van der Waals surface area contributed by atoms with Crippen molar-refractivity contribution in [3.05, 3.63) is 0 Å². The molecule has 0 bridgehead atoms. The third-order valence-electron chi connectivity index (χ3n) is 2.16. The first-order chi connectivity index (χ1) is 8.25. The first-order valence-electron chi connectivity index (χ1n) is 5.09. The van der Waals surface area contributed by atoms with Gasteiger partial charge < -0.3 is 4.90 Å². The van der Waals surface area contributed by atoms with Gasteiger partial charge in [0.25, 0.3) is 0 Å². The van der Waals surface area contributed by atoms with E-state index < -0.39 is 35.9 Å². The summed E-state index contributed by atoms with van der Waals surface area (Å²) in [7, 11) is 0. The average molecular weight is 354 g/mol. The van der Waals surface area contributed by atoms with Crippen LogP contribution < -0.4 is 0 Å². The molecule has 0 spiro atoms. The maximum Gasteiger partial charge on any atom is 0.463 e. The molecule has 3 nitrogen and oxygen atoms in total. The van der Waals surface area contributed by atoms with E-state index in [1.807, 2.05) is 0 Å². The molecular formula is C10H13BrF5NO2. The Hall–Kier alpha value is -0.730. The highest BCUT2D eigenvalue weighted by atomic mass is 79.9. The Kier molecular flexibility index (Phi) is 5.50. The quantitative estimate of drug-likeness (QED) is 0.575. The number of carbonyl (C=O) groups is 2. The van der Waals surface area contributed by atoms with Gasteiger partial charge in [0.15, 0.2) is 5.78 Å². The third kappa shape index (κ3) is 4.39. The lowest BCUT2D eigenvalue weighted by atomic mass is 10.0. The number of halogens is 6. The van der Waals surface area contributed by atoms with Crippen molar-refractivity contribution in [2.75, 3.05) is 11.9 Å². The minimum Gasteiger partial charge on any atom is -0.325 e. The SMILES string of the molecule is CC(C)(C)N(CC(=O)CBr)C(=O)C(F)(F)C(F)(F)F. The molecule has 112 valence electrons. The lowest BCUT2D eigenvalue weighted by Crippen LogP contribution is -2.58. The van der Waals surface area contributed by atoms with Crippen LogP contribution in [0.5, 0.6) is 0 Å². The topological polar surface area (TPSA) is 37.4 Å². The monoisotopic (exact) mass is 353 g/mol. The Morgan fingerprint density at radius 2 is 1.47 bits per heavy atom. The second-order valence-corrected chi connectivity index (χ2v) is 5.37. The number of carbonyl (C=O) groups excluding carboxylic acids is 2. The molecule has 0 unspecified atom stereocenters. The van der Waals surface area contributed by atoms with Gasteiger partial charge in [-0.15, -0.1) is 0 Å². The van der Waals surface area contributed by atoms with Crippen LogP contribution in [0, 0.1) is 0 Å². The van der Waals surface area contributed by atoms with Gasteiger partial charge in [-0.2, -0.15) is 22.0 Å². The van der Waals surface area contributed by atoms with Crippen LogP contribution in [0.4, 0.5) is 22.0 Å². The van der Waals surface area contributed by atoms with Crippen LogP contribution in [-0.4, -0.2) is 46.1 Å². The van der Waals surface area contributed by atoms with Crippen LogP contribution in [0.25, 0.3) is 0 Å². The fraction of sp³-hybridized carbons (Fsp3) is 0.800. The number of amides is 1. The average Bonchev–Trinajstić information content (AvgIpc) is 2.21. The molecule has 0 heterocycles. The number of alkyl halides is 6. The summed E-state index contributed by atoms with van der Waals surface area (Å²) in [6, 6.07) is 0. The highest BCUT2D eigenvalue weighted by molar-refractivity contribution is 9.09. The van der Waals surface area contributed by atoms with E-state index in [0.717, 1.165) is 0 Å². The van der Waals surface area contributed by atoms with Crippen molar-refractivity contribution in [1.82, 2.24) is 4.90 Å². The first-order valence-corrected chi connectivity index (χ1v) is 6.21. The lowest BCUT2D eigenvalue weighted by Gasteiger charge is -2.37. The second kappa shape index (κ2) is 5.72. The molecular weight excluding hydrogens is 341 g/mol. The molecule has 0 aromatic rings. The third-order valence-corrected chi connectivity index (χ3v) is 2.79. The molecule has 0 radical (unpaired) electrons. The minimum absolute atomic E-state index is 0.226. The summed E-state index contributed by atoms with van der Waals surface area (Å²) in [5.41, 5.74) is -1.34. The Morgan fingerprint density at radius 1 is 1.05 bits per heavy atom. The second-order valence-electron chi connectivity index (χ2n) is 4.81. The molecule has 9 heteroatoms. The van der Waals surface area contributed by atoms with E-state index in [0.29, 0.717) is 0 Å². The van der Waals surface area contributed by atoms with E-state index in [1.54, 1.807) is 0 Å². The van der Waals surface area contributed by atoms with Gasteiger partial charge in [-0.1, -0.05) is 15.9 Å². The lowest BCUT2D eigenvalue weighted by molar-refractivity contribution is -0.276. The standard InChI is InChI=1S/C10H13BrF5NO2/c1-8(2,3)17(5-6(18)4-11)7(19)9(12,13)10(14,15)16/h4-5H2,1-3H3. The van der Waals surface area contributed by atoms with Crippen LogP contribution >= 0.6 is 15.9 Å². The van der Waals surface area contributed by atoms with Crippen LogP contribution in [0.3, 0.4) is 0 Å². The van der Waals surface area contributed by atoms with Gasteiger partial charge in [0.1, 0.15) is 0 Å². The fourth-order valence-electron chi connectivity index (χ4n) is 1.12. The Bertz CT molecular complexity index is 362. The molecule has 0 rings (SSSR count). The van der Waals surface area contributed by atoms with Gasteiger partial charge in [0.2, 0.25) is 0 Å². The number of rotatable bonds is 4. The molecule has 0 aromatic heterocycles. The van der Waals surface area contributed by atoms with Gasteiger partial charge in [0.05, 0.1) is 11.9 Å². The smallest absolute Gasteiger partial charge is 0.325 e. The van der Waals surface area contributed by atoms with Crippen molar-refractivity contribution < 1.29 is 31.5 Å². The van der Waals surface area contributed by atoms with Gasteiger partial charge in [-0.25, -0.2) is 0 Å². The summed E-state index contributed by atoms with van der Waals surface area (Å²) in [5, 5.41) is -0.246. The molecule has 0 atom stereocenters. The largest absolute Gasteiger partial charge is 0.463 e. The summed E-state index contributed by atoms with van der Waals surface area (Å²) in [4.78, 5) is 22.8. The summed E-state index contributed by atoms with van der Waals surface area (Å²) in [5.74, 6) is -8.63. The summed E-state index contributed by atoms with van der Waals surface area (Å²) in [6.45, 7) is 2.97. The number of hydrogen-bond donors (Lipinski definition) is 0. The van der Waals surface area contributed by atoms with Crippen molar-refractivity contribution in [1.29, 1.82) is 0 Å². The summed E-state index contributed by atoms with van der Waals surface area (Å²) in [6.07, 6.45) is -6.00. The highest BCUT2D eigenvalue weighted by Gasteiger charge is 2.65. The maximum absolute atomic E-state index is 13.0. The van der Waals surface area contributed by atoms with Gasteiger partial charge in [-0.3, -0.25) is 9.59 Å². The number of Topliss-reactive ketones (excluding diaryl/α,β-unsaturated/α-hetero) is 1. The first kappa shape index (κ1) is 18.3. The Labute approximate surface area is 115 Å². The van der Waals surface area contributed by atoms with E-state index in [9.17, 15) is 31.5 Å². The van der Waals surface area contributed by atoms with Crippen LogP contribution in [-0.2, 0) is 9.59 Å². The number of ketones is 1. The zero-order valence-corrected chi connectivity index (χ0v) is 12.0. The van der Waals surface area contributed by atoms with E-state index >= 15 is 0 Å². The van der Waals surface area contributed by atoms with Gasteiger partial charge >= 0.3 is 18.0 Å². The van der Waals surface area contributed by atoms with E-state index in [4.69, 9.17) is 0 Å². The minimum atomic E-state index is -6.00. The predicted octanol–water partition coefficient (Wildman–Crippen LogP) is 2.78. The predicted molar refractivity (Wildman–Crippen MR) is 61.3 cm³/mol. The maximum atomic E-state index is 13.0.